The van der Waals surface area contributed by atoms with Crippen molar-refractivity contribution in [2.75, 3.05) is 5.32 Å². The highest BCUT2D eigenvalue weighted by Crippen LogP contribution is 2.19. The van der Waals surface area contributed by atoms with Gasteiger partial charge in [0.2, 0.25) is 0 Å². The molecule has 1 atom stereocenters. The third-order valence-electron chi connectivity index (χ3n) is 3.65. The van der Waals surface area contributed by atoms with E-state index in [2.05, 4.69) is 15.3 Å². The van der Waals surface area contributed by atoms with Crippen LogP contribution in [0.25, 0.3) is 16.8 Å². The highest BCUT2D eigenvalue weighted by molar-refractivity contribution is 5.98. The first-order valence-electron chi connectivity index (χ1n) is 8.06. The summed E-state index contributed by atoms with van der Waals surface area (Å²) in [6, 6.07) is 13.4. The first-order chi connectivity index (χ1) is 12.6. The summed E-state index contributed by atoms with van der Waals surface area (Å²) in [5.41, 5.74) is 1.17. The minimum Gasteiger partial charge on any atom is -0.449 e. The van der Waals surface area contributed by atoms with Gasteiger partial charge in [-0.25, -0.2) is 4.79 Å². The van der Waals surface area contributed by atoms with Crippen LogP contribution < -0.4 is 5.32 Å². The van der Waals surface area contributed by atoms with Gasteiger partial charge in [-0.15, -0.1) is 0 Å². The second-order valence-corrected chi connectivity index (χ2v) is 5.59. The minimum absolute atomic E-state index is 0.401. The van der Waals surface area contributed by atoms with Crippen LogP contribution in [0.15, 0.2) is 67.1 Å². The van der Waals surface area contributed by atoms with Crippen LogP contribution in [-0.4, -0.2) is 27.9 Å². The predicted molar refractivity (Wildman–Crippen MR) is 99.2 cm³/mol. The summed E-state index contributed by atoms with van der Waals surface area (Å²) in [4.78, 5) is 31.9. The van der Waals surface area contributed by atoms with Crippen LogP contribution in [0.1, 0.15) is 12.6 Å². The number of ether oxygens (including phenoxy) is 1. The molecule has 3 rings (SSSR count). The molecule has 0 spiro atoms. The highest BCUT2D eigenvalue weighted by atomic mass is 16.5. The maximum absolute atomic E-state index is 12.2. The number of hydrogen-bond donors (Lipinski definition) is 1. The van der Waals surface area contributed by atoms with Crippen LogP contribution in [0.3, 0.4) is 0 Å². The number of nitrogens with one attached hydrogen (secondary N) is 1. The molecule has 3 aromatic rings. The number of benzene rings is 2. The summed E-state index contributed by atoms with van der Waals surface area (Å²) in [6.07, 6.45) is 6.33. The smallest absolute Gasteiger partial charge is 0.331 e. The van der Waals surface area contributed by atoms with Crippen molar-refractivity contribution in [3.8, 4) is 0 Å². The molecule has 0 saturated heterocycles. The maximum Gasteiger partial charge on any atom is 0.331 e. The summed E-state index contributed by atoms with van der Waals surface area (Å²) >= 11 is 0. The van der Waals surface area contributed by atoms with Crippen molar-refractivity contribution < 1.29 is 14.3 Å². The summed E-state index contributed by atoms with van der Waals surface area (Å²) in [5.74, 6) is -1.03. The molecule has 26 heavy (non-hydrogen) atoms. The van der Waals surface area contributed by atoms with E-state index in [4.69, 9.17) is 4.74 Å². The molecule has 1 heterocycles. The lowest BCUT2D eigenvalue weighted by Gasteiger charge is -2.12. The Bertz CT molecular complexity index is 955. The SMILES string of the molecule is CC(OC(=O)C=Cc1cnccn1)C(=O)Nc1ccc2ccccc2c1. The van der Waals surface area contributed by atoms with Crippen molar-refractivity contribution >= 4 is 34.4 Å². The minimum atomic E-state index is -0.930. The van der Waals surface area contributed by atoms with E-state index in [0.29, 0.717) is 11.4 Å². The Morgan fingerprint density at radius 3 is 2.69 bits per heavy atom. The Labute approximate surface area is 150 Å². The van der Waals surface area contributed by atoms with Crippen molar-refractivity contribution in [3.63, 3.8) is 0 Å². The van der Waals surface area contributed by atoms with Gasteiger partial charge in [0.15, 0.2) is 6.10 Å². The fourth-order valence-electron chi connectivity index (χ4n) is 2.33. The number of rotatable bonds is 5. The molecule has 1 aromatic heterocycles. The number of nitrogens with zero attached hydrogens (tertiary/aromatic N) is 2. The number of amides is 1. The first-order valence-corrected chi connectivity index (χ1v) is 8.06. The third kappa shape index (κ3) is 4.51. The van der Waals surface area contributed by atoms with Gasteiger partial charge in [-0.05, 0) is 35.9 Å². The molecule has 0 saturated carbocycles. The molecule has 0 radical (unpaired) electrons. The number of hydrogen-bond acceptors (Lipinski definition) is 5. The number of esters is 1. The predicted octanol–water partition coefficient (Wildman–Crippen LogP) is 3.21. The largest absolute Gasteiger partial charge is 0.449 e. The Morgan fingerprint density at radius 1 is 1.12 bits per heavy atom. The van der Waals surface area contributed by atoms with Crippen molar-refractivity contribution in [1.29, 1.82) is 0 Å². The standard InChI is InChI=1S/C20H17N3O3/c1-14(26-19(24)9-8-18-13-21-10-11-22-18)20(25)23-17-7-6-15-4-2-3-5-16(15)12-17/h2-14H,1H3,(H,23,25). The van der Waals surface area contributed by atoms with Crippen LogP contribution >= 0.6 is 0 Å². The molecule has 6 heteroatoms. The lowest BCUT2D eigenvalue weighted by Crippen LogP contribution is -2.29. The van der Waals surface area contributed by atoms with Gasteiger partial charge >= 0.3 is 5.97 Å². The second-order valence-electron chi connectivity index (χ2n) is 5.59. The van der Waals surface area contributed by atoms with Crippen LogP contribution in [0.2, 0.25) is 0 Å². The Kier molecular flexibility index (Phi) is 5.34. The van der Waals surface area contributed by atoms with Crippen molar-refractivity contribution in [2.45, 2.75) is 13.0 Å². The number of carbonyl (C=O) groups excluding carboxylic acids is 2. The lowest BCUT2D eigenvalue weighted by atomic mass is 10.1. The molecule has 2 aromatic carbocycles. The number of fused-ring (bicyclic) bond motifs is 1. The maximum atomic E-state index is 12.2. The molecule has 0 aliphatic heterocycles. The molecule has 130 valence electrons. The quantitative estimate of drug-likeness (QED) is 0.566. The van der Waals surface area contributed by atoms with E-state index in [-0.39, 0.29) is 0 Å². The molecule has 0 fully saturated rings. The van der Waals surface area contributed by atoms with E-state index in [0.717, 1.165) is 10.8 Å². The van der Waals surface area contributed by atoms with Gasteiger partial charge in [0.1, 0.15) is 0 Å². The van der Waals surface area contributed by atoms with Crippen molar-refractivity contribution in [3.05, 3.63) is 72.8 Å². The van der Waals surface area contributed by atoms with E-state index < -0.39 is 18.0 Å². The topological polar surface area (TPSA) is 81.2 Å². The van der Waals surface area contributed by atoms with Gasteiger partial charge in [-0.1, -0.05) is 30.3 Å². The van der Waals surface area contributed by atoms with E-state index in [1.807, 2.05) is 42.5 Å². The molecule has 0 bridgehead atoms. The van der Waals surface area contributed by atoms with Crippen LogP contribution in [0.5, 0.6) is 0 Å². The number of anilines is 1. The normalized spacial score (nSPS) is 12.0. The summed E-state index contributed by atoms with van der Waals surface area (Å²) in [6.45, 7) is 1.52. The van der Waals surface area contributed by atoms with E-state index in [9.17, 15) is 9.59 Å². The lowest BCUT2D eigenvalue weighted by molar-refractivity contribution is -0.148. The second kappa shape index (κ2) is 8.02. The van der Waals surface area contributed by atoms with Gasteiger partial charge in [0, 0.05) is 24.2 Å². The van der Waals surface area contributed by atoms with Crippen molar-refractivity contribution in [1.82, 2.24) is 9.97 Å². The average Bonchev–Trinajstić information content (AvgIpc) is 2.67. The Balaban J connectivity index is 1.58. The van der Waals surface area contributed by atoms with Gasteiger partial charge in [-0.2, -0.15) is 0 Å². The molecular weight excluding hydrogens is 330 g/mol. The zero-order valence-corrected chi connectivity index (χ0v) is 14.1. The number of carbonyl (C=O) groups is 2. The van der Waals surface area contributed by atoms with Gasteiger partial charge in [-0.3, -0.25) is 14.8 Å². The van der Waals surface area contributed by atoms with Crippen LogP contribution in [-0.2, 0) is 14.3 Å². The fourth-order valence-corrected chi connectivity index (χ4v) is 2.33. The van der Waals surface area contributed by atoms with E-state index in [1.54, 1.807) is 0 Å². The van der Waals surface area contributed by atoms with Gasteiger partial charge in [0.05, 0.1) is 11.9 Å². The molecule has 1 unspecified atom stereocenters. The molecule has 0 aliphatic carbocycles. The Hall–Kier alpha value is -3.54. The molecule has 1 N–H and O–H groups in total. The molecular formula is C20H17N3O3. The molecule has 1 amide bonds. The molecule has 6 nitrogen and oxygen atoms in total. The van der Waals surface area contributed by atoms with Gasteiger partial charge < -0.3 is 10.1 Å². The third-order valence-corrected chi connectivity index (χ3v) is 3.65. The van der Waals surface area contributed by atoms with Gasteiger partial charge in [0.25, 0.3) is 5.91 Å². The fraction of sp³-hybridized carbons (Fsp3) is 0.100. The van der Waals surface area contributed by atoms with Crippen LogP contribution in [0, 0.1) is 0 Å². The number of aromatic nitrogens is 2. The highest BCUT2D eigenvalue weighted by Gasteiger charge is 2.16. The van der Waals surface area contributed by atoms with Crippen LogP contribution in [0.4, 0.5) is 5.69 Å². The summed E-state index contributed by atoms with van der Waals surface area (Å²) < 4.78 is 5.11. The summed E-state index contributed by atoms with van der Waals surface area (Å²) in [7, 11) is 0. The first kappa shape index (κ1) is 17.3. The van der Waals surface area contributed by atoms with E-state index in [1.165, 1.54) is 37.7 Å². The average molecular weight is 347 g/mol. The van der Waals surface area contributed by atoms with E-state index >= 15 is 0 Å². The molecule has 0 aliphatic rings. The monoisotopic (exact) mass is 347 g/mol. The Morgan fingerprint density at radius 2 is 1.92 bits per heavy atom. The zero-order chi connectivity index (χ0) is 18.4. The summed E-state index contributed by atoms with van der Waals surface area (Å²) in [5, 5.41) is 4.85. The van der Waals surface area contributed by atoms with Crippen molar-refractivity contribution in [2.24, 2.45) is 0 Å². The zero-order valence-electron chi connectivity index (χ0n) is 14.1.